The van der Waals surface area contributed by atoms with Gasteiger partial charge in [0.25, 0.3) is 0 Å². The van der Waals surface area contributed by atoms with E-state index in [4.69, 9.17) is 19.3 Å². The number of hydrogen-bond donors (Lipinski definition) is 3. The number of rotatable bonds is 8. The first-order valence-electron chi connectivity index (χ1n) is 7.53. The van der Waals surface area contributed by atoms with Crippen LogP contribution in [0.3, 0.4) is 0 Å². The summed E-state index contributed by atoms with van der Waals surface area (Å²) in [7, 11) is 4.68. The summed E-state index contributed by atoms with van der Waals surface area (Å²) in [5, 5.41) is 11.7. The van der Waals surface area contributed by atoms with Crippen LogP contribution in [0.1, 0.15) is 11.4 Å². The van der Waals surface area contributed by atoms with Crippen molar-refractivity contribution in [1.82, 2.24) is 10.3 Å². The van der Waals surface area contributed by atoms with Crippen LogP contribution in [0, 0.1) is 6.92 Å². The molecule has 1 aromatic carbocycles. The lowest BCUT2D eigenvalue weighted by Gasteiger charge is -2.16. The minimum absolute atomic E-state index is 0.127. The molecule has 3 N–H and O–H groups in total. The van der Waals surface area contributed by atoms with Crippen molar-refractivity contribution in [2.75, 3.05) is 27.9 Å². The maximum atomic E-state index is 10.7. The smallest absolute Gasteiger partial charge is 0.317 e. The van der Waals surface area contributed by atoms with Gasteiger partial charge in [-0.25, -0.2) is 0 Å². The predicted molar refractivity (Wildman–Crippen MR) is 97.7 cm³/mol. The number of carboxylic acid groups (broad SMARTS) is 1. The first kappa shape index (κ1) is 19.1. The van der Waals surface area contributed by atoms with Gasteiger partial charge in [-0.1, -0.05) is 0 Å². The topological polar surface area (TPSA) is 92.8 Å². The number of carbonyl (C=O) groups is 1. The summed E-state index contributed by atoms with van der Waals surface area (Å²) in [6.07, 6.45) is 0. The van der Waals surface area contributed by atoms with E-state index < -0.39 is 5.97 Å². The van der Waals surface area contributed by atoms with Crippen molar-refractivity contribution in [3.05, 3.63) is 28.0 Å². The van der Waals surface area contributed by atoms with Gasteiger partial charge in [0.05, 0.1) is 27.9 Å². The Kier molecular flexibility index (Phi) is 6.33. The molecule has 0 unspecified atom stereocenters. The Morgan fingerprint density at radius 1 is 1.20 bits per heavy atom. The number of carboxylic acids is 1. The molecule has 0 spiro atoms. The fourth-order valence-electron chi connectivity index (χ4n) is 2.67. The molecule has 7 nitrogen and oxygen atoms in total. The molecule has 136 valence electrons. The molecule has 0 saturated carbocycles. The van der Waals surface area contributed by atoms with Crippen LogP contribution in [0.15, 0.2) is 16.6 Å². The highest BCUT2D eigenvalue weighted by molar-refractivity contribution is 9.10. The van der Waals surface area contributed by atoms with Crippen LogP contribution in [0.2, 0.25) is 0 Å². The van der Waals surface area contributed by atoms with Crippen LogP contribution in [0.25, 0.3) is 11.1 Å². The number of aromatic nitrogens is 1. The molecular weight excluding hydrogens is 392 g/mol. The summed E-state index contributed by atoms with van der Waals surface area (Å²) in [5.41, 5.74) is 3.46. The number of methoxy groups -OCH3 is 3. The van der Waals surface area contributed by atoms with Crippen molar-refractivity contribution in [3.63, 3.8) is 0 Å². The molecule has 0 fully saturated rings. The molecule has 2 rings (SSSR count). The molecule has 0 saturated heterocycles. The summed E-state index contributed by atoms with van der Waals surface area (Å²) in [4.78, 5) is 14.0. The van der Waals surface area contributed by atoms with Gasteiger partial charge in [-0.05, 0) is 35.0 Å². The second kappa shape index (κ2) is 8.26. The summed E-state index contributed by atoms with van der Waals surface area (Å²) >= 11 is 3.60. The predicted octanol–water partition coefficient (Wildman–Crippen LogP) is 2.95. The molecule has 25 heavy (non-hydrogen) atoms. The van der Waals surface area contributed by atoms with E-state index in [0.717, 1.165) is 27.0 Å². The number of aryl methyl sites for hydroxylation is 1. The third kappa shape index (κ3) is 3.91. The third-order valence-corrected chi connectivity index (χ3v) is 4.73. The molecule has 0 aliphatic heterocycles. The number of H-pyrrole nitrogens is 1. The van der Waals surface area contributed by atoms with Crippen LogP contribution >= 0.6 is 15.9 Å². The highest BCUT2D eigenvalue weighted by Crippen LogP contribution is 2.47. The lowest BCUT2D eigenvalue weighted by atomic mass is 10.0. The zero-order valence-corrected chi connectivity index (χ0v) is 16.1. The Bertz CT molecular complexity index is 773. The van der Waals surface area contributed by atoms with E-state index in [1.807, 2.05) is 13.0 Å². The van der Waals surface area contributed by atoms with E-state index in [-0.39, 0.29) is 6.54 Å². The summed E-state index contributed by atoms with van der Waals surface area (Å²) in [5.74, 6) is 0.698. The molecule has 8 heteroatoms. The summed E-state index contributed by atoms with van der Waals surface area (Å²) < 4.78 is 17.2. The average molecular weight is 413 g/mol. The second-order valence-electron chi connectivity index (χ2n) is 5.30. The van der Waals surface area contributed by atoms with E-state index in [2.05, 4.69) is 26.2 Å². The molecule has 0 bridgehead atoms. The number of hydrogen-bond acceptors (Lipinski definition) is 5. The van der Waals surface area contributed by atoms with Crippen LogP contribution in [-0.2, 0) is 11.3 Å². The Morgan fingerprint density at radius 3 is 2.44 bits per heavy atom. The maximum absolute atomic E-state index is 10.7. The summed E-state index contributed by atoms with van der Waals surface area (Å²) in [6.45, 7) is 2.17. The van der Waals surface area contributed by atoms with Crippen LogP contribution < -0.4 is 19.5 Å². The van der Waals surface area contributed by atoms with Gasteiger partial charge >= 0.3 is 5.97 Å². The zero-order chi connectivity index (χ0) is 18.6. The molecule has 0 aliphatic rings. The van der Waals surface area contributed by atoms with Gasteiger partial charge < -0.3 is 29.6 Å². The SMILES string of the molecule is COc1ccc(-c2c(CNCC(=O)O)[nH]c(C)c2Br)c(OC)c1OC. The van der Waals surface area contributed by atoms with Crippen molar-refractivity contribution in [3.8, 4) is 28.4 Å². The van der Waals surface area contributed by atoms with Gasteiger partial charge in [0.1, 0.15) is 0 Å². The van der Waals surface area contributed by atoms with Gasteiger partial charge in [0, 0.05) is 33.5 Å². The quantitative estimate of drug-likeness (QED) is 0.617. The van der Waals surface area contributed by atoms with Crippen molar-refractivity contribution >= 4 is 21.9 Å². The first-order chi connectivity index (χ1) is 11.9. The minimum Gasteiger partial charge on any atom is -0.493 e. The minimum atomic E-state index is -0.910. The number of benzene rings is 1. The highest BCUT2D eigenvalue weighted by atomic mass is 79.9. The van der Waals surface area contributed by atoms with E-state index >= 15 is 0 Å². The van der Waals surface area contributed by atoms with Crippen LogP contribution in [0.5, 0.6) is 17.2 Å². The van der Waals surface area contributed by atoms with Crippen molar-refractivity contribution in [2.24, 2.45) is 0 Å². The fraction of sp³-hybridized carbons (Fsp3) is 0.353. The monoisotopic (exact) mass is 412 g/mol. The summed E-state index contributed by atoms with van der Waals surface area (Å²) in [6, 6.07) is 3.69. The lowest BCUT2D eigenvalue weighted by molar-refractivity contribution is -0.136. The Labute approximate surface area is 154 Å². The van der Waals surface area contributed by atoms with E-state index in [1.54, 1.807) is 27.4 Å². The molecule has 0 radical (unpaired) electrons. The van der Waals surface area contributed by atoms with Crippen molar-refractivity contribution < 1.29 is 24.1 Å². The third-order valence-electron chi connectivity index (χ3n) is 3.74. The number of halogens is 1. The van der Waals surface area contributed by atoms with Gasteiger partial charge in [-0.15, -0.1) is 0 Å². The zero-order valence-electron chi connectivity index (χ0n) is 14.5. The van der Waals surface area contributed by atoms with Crippen molar-refractivity contribution in [1.29, 1.82) is 0 Å². The van der Waals surface area contributed by atoms with Gasteiger partial charge in [-0.3, -0.25) is 4.79 Å². The van der Waals surface area contributed by atoms with E-state index in [1.165, 1.54) is 0 Å². The number of aromatic amines is 1. The molecule has 2 aromatic rings. The number of ether oxygens (including phenoxy) is 3. The fourth-order valence-corrected chi connectivity index (χ4v) is 3.22. The molecule has 1 heterocycles. The lowest BCUT2D eigenvalue weighted by Crippen LogP contribution is -2.22. The second-order valence-corrected chi connectivity index (χ2v) is 6.09. The largest absolute Gasteiger partial charge is 0.493 e. The maximum Gasteiger partial charge on any atom is 0.317 e. The van der Waals surface area contributed by atoms with Crippen LogP contribution in [-0.4, -0.2) is 43.9 Å². The van der Waals surface area contributed by atoms with Crippen molar-refractivity contribution in [2.45, 2.75) is 13.5 Å². The van der Waals surface area contributed by atoms with Gasteiger partial charge in [0.2, 0.25) is 5.75 Å². The number of nitrogens with one attached hydrogen (secondary N) is 2. The Hall–Kier alpha value is -2.19. The Balaban J connectivity index is 2.56. The highest BCUT2D eigenvalue weighted by Gasteiger charge is 2.23. The normalized spacial score (nSPS) is 10.6. The van der Waals surface area contributed by atoms with E-state index in [0.29, 0.717) is 23.8 Å². The number of aliphatic carboxylic acids is 1. The van der Waals surface area contributed by atoms with Crippen LogP contribution in [0.4, 0.5) is 0 Å². The first-order valence-corrected chi connectivity index (χ1v) is 8.32. The van der Waals surface area contributed by atoms with Gasteiger partial charge in [-0.2, -0.15) is 0 Å². The Morgan fingerprint density at radius 2 is 1.88 bits per heavy atom. The molecule has 0 aliphatic carbocycles. The molecule has 0 atom stereocenters. The average Bonchev–Trinajstić information content (AvgIpc) is 2.87. The molecule has 0 amide bonds. The standard InChI is InChI=1S/C17H21BrN2O5/c1-9-15(18)14(11(20-9)7-19-8-13(21)22)10-5-6-12(23-2)17(25-4)16(10)24-3/h5-6,19-20H,7-8H2,1-4H3,(H,21,22). The van der Waals surface area contributed by atoms with Gasteiger partial charge in [0.15, 0.2) is 11.5 Å². The molecular formula is C17H21BrN2O5. The van der Waals surface area contributed by atoms with E-state index in [9.17, 15) is 4.79 Å². The molecule has 1 aromatic heterocycles.